The van der Waals surface area contributed by atoms with Crippen LogP contribution in [0.5, 0.6) is 0 Å². The standard InChI is InChI=1S/C4H4IN3/c5-8-4-1-2-6-3-7-4/h1-3H,(H,6,7,8). The van der Waals surface area contributed by atoms with E-state index >= 15 is 0 Å². The third-order valence-electron chi connectivity index (χ3n) is 0.679. The molecule has 0 atom stereocenters. The van der Waals surface area contributed by atoms with Crippen LogP contribution in [0.4, 0.5) is 5.82 Å². The topological polar surface area (TPSA) is 37.8 Å². The Balaban J connectivity index is 2.83. The van der Waals surface area contributed by atoms with Crippen LogP contribution in [-0.2, 0) is 0 Å². The number of nitrogens with zero attached hydrogens (tertiary/aromatic N) is 2. The average Bonchev–Trinajstić information content (AvgIpc) is 1.90. The lowest BCUT2D eigenvalue weighted by Crippen LogP contribution is -1.82. The van der Waals surface area contributed by atoms with Crippen LogP contribution >= 0.6 is 22.9 Å². The predicted octanol–water partition coefficient (Wildman–Crippen LogP) is 1.24. The number of hydrogen-bond acceptors (Lipinski definition) is 3. The lowest BCUT2D eigenvalue weighted by Gasteiger charge is -1.90. The van der Waals surface area contributed by atoms with E-state index in [1.807, 2.05) is 22.9 Å². The Morgan fingerprint density at radius 1 is 1.62 bits per heavy atom. The summed E-state index contributed by atoms with van der Waals surface area (Å²) in [6.07, 6.45) is 3.19. The highest BCUT2D eigenvalue weighted by Gasteiger charge is 1.81. The van der Waals surface area contributed by atoms with Crippen LogP contribution in [0, 0.1) is 0 Å². The second-order valence-electron chi connectivity index (χ2n) is 1.19. The quantitative estimate of drug-likeness (QED) is 0.572. The van der Waals surface area contributed by atoms with Crippen LogP contribution in [0.1, 0.15) is 0 Å². The third kappa shape index (κ3) is 1.29. The molecule has 1 aromatic heterocycles. The SMILES string of the molecule is INc1ccncn1. The van der Waals surface area contributed by atoms with Gasteiger partial charge in [-0.25, -0.2) is 9.97 Å². The molecule has 0 aliphatic carbocycles. The van der Waals surface area contributed by atoms with Gasteiger partial charge in [0.15, 0.2) is 0 Å². The first-order chi connectivity index (χ1) is 3.93. The Labute approximate surface area is 61.0 Å². The Morgan fingerprint density at radius 3 is 2.88 bits per heavy atom. The van der Waals surface area contributed by atoms with Crippen LogP contribution in [0.15, 0.2) is 18.6 Å². The van der Waals surface area contributed by atoms with E-state index in [2.05, 4.69) is 13.5 Å². The minimum Gasteiger partial charge on any atom is -0.313 e. The molecule has 0 fully saturated rings. The Kier molecular flexibility index (Phi) is 2.01. The first-order valence-electron chi connectivity index (χ1n) is 2.06. The summed E-state index contributed by atoms with van der Waals surface area (Å²) >= 11 is 2.01. The number of hydrogen-bond donors (Lipinski definition) is 1. The summed E-state index contributed by atoms with van der Waals surface area (Å²) in [5.41, 5.74) is 0. The van der Waals surface area contributed by atoms with E-state index in [0.717, 1.165) is 5.82 Å². The van der Waals surface area contributed by atoms with Crippen molar-refractivity contribution in [1.82, 2.24) is 9.97 Å². The maximum absolute atomic E-state index is 3.87. The summed E-state index contributed by atoms with van der Waals surface area (Å²) in [6.45, 7) is 0. The Bertz CT molecular complexity index is 153. The summed E-state index contributed by atoms with van der Waals surface area (Å²) in [7, 11) is 0. The van der Waals surface area contributed by atoms with Crippen LogP contribution < -0.4 is 3.53 Å². The van der Waals surface area contributed by atoms with Crippen LogP contribution in [0.2, 0.25) is 0 Å². The smallest absolute Gasteiger partial charge is 0.137 e. The van der Waals surface area contributed by atoms with E-state index in [1.54, 1.807) is 12.3 Å². The number of aromatic nitrogens is 2. The first-order valence-corrected chi connectivity index (χ1v) is 3.14. The van der Waals surface area contributed by atoms with Gasteiger partial charge in [0.25, 0.3) is 0 Å². The highest BCUT2D eigenvalue weighted by molar-refractivity contribution is 14.1. The molecule has 0 aromatic carbocycles. The summed E-state index contributed by atoms with van der Waals surface area (Å²) in [5.74, 6) is 0.834. The average molecular weight is 221 g/mol. The van der Waals surface area contributed by atoms with Gasteiger partial charge in [-0.15, -0.1) is 0 Å². The zero-order chi connectivity index (χ0) is 5.82. The molecule has 1 rings (SSSR count). The Hall–Kier alpha value is -0.390. The van der Waals surface area contributed by atoms with E-state index in [0.29, 0.717) is 0 Å². The summed E-state index contributed by atoms with van der Waals surface area (Å²) in [4.78, 5) is 7.61. The first kappa shape index (κ1) is 5.74. The molecule has 0 saturated carbocycles. The fraction of sp³-hybridized carbons (Fsp3) is 0. The molecule has 0 bridgehead atoms. The number of halogens is 1. The maximum atomic E-state index is 3.87. The zero-order valence-electron chi connectivity index (χ0n) is 4.00. The maximum Gasteiger partial charge on any atom is 0.137 e. The molecule has 0 saturated heterocycles. The molecule has 1 heterocycles. The van der Waals surface area contributed by atoms with Crippen LogP contribution in [-0.4, -0.2) is 9.97 Å². The van der Waals surface area contributed by atoms with Gasteiger partial charge in [-0.3, -0.25) is 0 Å². The largest absolute Gasteiger partial charge is 0.313 e. The zero-order valence-corrected chi connectivity index (χ0v) is 6.16. The molecule has 42 valence electrons. The number of rotatable bonds is 1. The Morgan fingerprint density at radius 2 is 2.50 bits per heavy atom. The van der Waals surface area contributed by atoms with Crippen molar-refractivity contribution in [1.29, 1.82) is 0 Å². The number of anilines is 1. The molecule has 0 aliphatic rings. The molecule has 0 aliphatic heterocycles. The van der Waals surface area contributed by atoms with Crippen molar-refractivity contribution in [3.8, 4) is 0 Å². The van der Waals surface area contributed by atoms with Crippen molar-refractivity contribution in [2.75, 3.05) is 3.53 Å². The van der Waals surface area contributed by atoms with Crippen molar-refractivity contribution in [2.24, 2.45) is 0 Å². The predicted molar refractivity (Wildman–Crippen MR) is 39.7 cm³/mol. The summed E-state index contributed by atoms with van der Waals surface area (Å²) < 4.78 is 2.85. The molecule has 8 heavy (non-hydrogen) atoms. The molecule has 0 unspecified atom stereocenters. The molecule has 3 nitrogen and oxygen atoms in total. The molecule has 1 N–H and O–H groups in total. The van der Waals surface area contributed by atoms with Crippen molar-refractivity contribution in [2.45, 2.75) is 0 Å². The second kappa shape index (κ2) is 2.81. The van der Waals surface area contributed by atoms with Crippen molar-refractivity contribution in [3.63, 3.8) is 0 Å². The molecule has 0 radical (unpaired) electrons. The third-order valence-corrected chi connectivity index (χ3v) is 1.23. The van der Waals surface area contributed by atoms with E-state index in [1.165, 1.54) is 6.33 Å². The van der Waals surface area contributed by atoms with Gasteiger partial charge in [0, 0.05) is 6.20 Å². The van der Waals surface area contributed by atoms with E-state index in [-0.39, 0.29) is 0 Å². The fourth-order valence-electron chi connectivity index (χ4n) is 0.347. The lowest BCUT2D eigenvalue weighted by atomic mass is 10.6. The second-order valence-corrected chi connectivity index (χ2v) is 1.73. The van der Waals surface area contributed by atoms with Gasteiger partial charge in [-0.2, -0.15) is 0 Å². The van der Waals surface area contributed by atoms with Crippen molar-refractivity contribution in [3.05, 3.63) is 18.6 Å². The fourth-order valence-corrected chi connectivity index (χ4v) is 0.666. The van der Waals surface area contributed by atoms with Gasteiger partial charge in [-0.05, 0) is 6.07 Å². The van der Waals surface area contributed by atoms with Crippen molar-refractivity contribution >= 4 is 28.7 Å². The molecular formula is C4H4IN3. The minimum absolute atomic E-state index is 0.834. The normalized spacial score (nSPS) is 8.62. The highest BCUT2D eigenvalue weighted by atomic mass is 127. The minimum atomic E-state index is 0.834. The van der Waals surface area contributed by atoms with E-state index in [4.69, 9.17) is 0 Å². The molecule has 4 heteroatoms. The molecule has 0 spiro atoms. The van der Waals surface area contributed by atoms with Gasteiger partial charge in [0.1, 0.15) is 12.1 Å². The molecule has 1 aromatic rings. The summed E-state index contributed by atoms with van der Waals surface area (Å²) in [5, 5.41) is 0. The summed E-state index contributed by atoms with van der Waals surface area (Å²) in [6, 6.07) is 1.80. The van der Waals surface area contributed by atoms with E-state index < -0.39 is 0 Å². The van der Waals surface area contributed by atoms with Crippen LogP contribution in [0.3, 0.4) is 0 Å². The van der Waals surface area contributed by atoms with Gasteiger partial charge in [-0.1, -0.05) is 0 Å². The monoisotopic (exact) mass is 221 g/mol. The van der Waals surface area contributed by atoms with Crippen LogP contribution in [0.25, 0.3) is 0 Å². The highest BCUT2D eigenvalue weighted by Crippen LogP contribution is 1.99. The van der Waals surface area contributed by atoms with Gasteiger partial charge < -0.3 is 3.53 Å². The lowest BCUT2D eigenvalue weighted by molar-refractivity contribution is 1.18. The van der Waals surface area contributed by atoms with Gasteiger partial charge in [0.2, 0.25) is 0 Å². The van der Waals surface area contributed by atoms with Gasteiger partial charge >= 0.3 is 0 Å². The number of nitrogens with one attached hydrogen (secondary N) is 1. The molecule has 0 amide bonds. The van der Waals surface area contributed by atoms with Gasteiger partial charge in [0.05, 0.1) is 22.9 Å². The van der Waals surface area contributed by atoms with Crippen molar-refractivity contribution < 1.29 is 0 Å². The molecular weight excluding hydrogens is 217 g/mol. The van der Waals surface area contributed by atoms with E-state index in [9.17, 15) is 0 Å².